The van der Waals surface area contributed by atoms with E-state index in [2.05, 4.69) is 20.0 Å². The number of ether oxygens (including phenoxy) is 2. The average Bonchev–Trinajstić information content (AvgIpc) is 3.43. The molecule has 1 unspecified atom stereocenters. The maximum atomic E-state index is 13.0. The summed E-state index contributed by atoms with van der Waals surface area (Å²) in [4.78, 5) is 26.3. The molecule has 3 aromatic rings. The Hall–Kier alpha value is -2.85. The number of fused-ring (bicyclic) bond motifs is 5. The lowest BCUT2D eigenvalue weighted by Gasteiger charge is -2.35. The van der Waals surface area contributed by atoms with Crippen LogP contribution in [0.2, 0.25) is 5.02 Å². The first kappa shape index (κ1) is 19.8. The van der Waals surface area contributed by atoms with E-state index in [0.29, 0.717) is 56.8 Å². The SMILES string of the molecule is O=C(c1nc2n(n1)-c1ccc(Cl)cc1C1(c3ccccn3)OCCN1C2)N1CCOCC1. The van der Waals surface area contributed by atoms with Crippen LogP contribution in [0.1, 0.15) is 27.7 Å². The molecule has 9 nitrogen and oxygen atoms in total. The molecule has 32 heavy (non-hydrogen) atoms. The van der Waals surface area contributed by atoms with Crippen LogP contribution in [0.15, 0.2) is 42.6 Å². The highest BCUT2D eigenvalue weighted by molar-refractivity contribution is 6.30. The molecular formula is C22H21ClN6O3. The minimum Gasteiger partial charge on any atom is -0.378 e. The highest BCUT2D eigenvalue weighted by atomic mass is 35.5. The lowest BCUT2D eigenvalue weighted by molar-refractivity contribution is -0.0585. The fourth-order valence-corrected chi connectivity index (χ4v) is 4.87. The summed E-state index contributed by atoms with van der Waals surface area (Å²) in [6.07, 6.45) is 1.76. The van der Waals surface area contributed by atoms with Gasteiger partial charge in [0.25, 0.3) is 5.91 Å². The minimum absolute atomic E-state index is 0.182. The number of hydrogen-bond donors (Lipinski definition) is 0. The van der Waals surface area contributed by atoms with E-state index < -0.39 is 5.72 Å². The molecule has 2 fully saturated rings. The quantitative estimate of drug-likeness (QED) is 0.586. The first-order valence-electron chi connectivity index (χ1n) is 10.6. The summed E-state index contributed by atoms with van der Waals surface area (Å²) in [6.45, 7) is 3.80. The molecule has 3 aliphatic heterocycles. The number of hydrogen-bond acceptors (Lipinski definition) is 7. The van der Waals surface area contributed by atoms with E-state index in [1.54, 1.807) is 15.8 Å². The second-order valence-corrected chi connectivity index (χ2v) is 8.39. The van der Waals surface area contributed by atoms with Crippen molar-refractivity contribution in [2.24, 2.45) is 0 Å². The molecule has 3 aliphatic rings. The van der Waals surface area contributed by atoms with Crippen molar-refractivity contribution in [3.8, 4) is 5.69 Å². The Morgan fingerprint density at radius 1 is 1.09 bits per heavy atom. The van der Waals surface area contributed by atoms with E-state index in [4.69, 9.17) is 21.1 Å². The number of carbonyl (C=O) groups is 1. The van der Waals surface area contributed by atoms with Crippen molar-refractivity contribution >= 4 is 17.5 Å². The number of nitrogens with zero attached hydrogens (tertiary/aromatic N) is 6. The highest BCUT2D eigenvalue weighted by Gasteiger charge is 2.51. The zero-order valence-corrected chi connectivity index (χ0v) is 18.0. The van der Waals surface area contributed by atoms with Crippen LogP contribution >= 0.6 is 11.6 Å². The Kier molecular flexibility index (Phi) is 4.72. The molecule has 0 radical (unpaired) electrons. The normalized spacial score (nSPS) is 22.7. The molecule has 0 spiro atoms. The third kappa shape index (κ3) is 2.96. The van der Waals surface area contributed by atoms with Crippen LogP contribution in [0.4, 0.5) is 0 Å². The average molecular weight is 453 g/mol. The molecule has 0 saturated carbocycles. The number of carbonyl (C=O) groups excluding carboxylic acids is 1. The summed E-state index contributed by atoms with van der Waals surface area (Å²) in [7, 11) is 0. The summed E-state index contributed by atoms with van der Waals surface area (Å²) in [5.74, 6) is 0.680. The number of aromatic nitrogens is 4. The maximum absolute atomic E-state index is 13.0. The highest BCUT2D eigenvalue weighted by Crippen LogP contribution is 2.45. The Labute approximate surface area is 189 Å². The number of morpholine rings is 1. The molecule has 2 aromatic heterocycles. The van der Waals surface area contributed by atoms with Gasteiger partial charge in [-0.25, -0.2) is 9.67 Å². The predicted octanol–water partition coefficient (Wildman–Crippen LogP) is 1.83. The van der Waals surface area contributed by atoms with E-state index in [-0.39, 0.29) is 11.7 Å². The monoisotopic (exact) mass is 452 g/mol. The Morgan fingerprint density at radius 3 is 2.78 bits per heavy atom. The molecule has 0 aliphatic carbocycles. The second kappa shape index (κ2) is 7.63. The first-order chi connectivity index (χ1) is 15.7. The molecule has 10 heteroatoms. The van der Waals surface area contributed by atoms with Gasteiger partial charge in [0.15, 0.2) is 5.72 Å². The zero-order chi connectivity index (χ0) is 21.7. The molecule has 5 heterocycles. The van der Waals surface area contributed by atoms with Crippen molar-refractivity contribution in [2.75, 3.05) is 39.5 Å². The fourth-order valence-electron chi connectivity index (χ4n) is 4.70. The van der Waals surface area contributed by atoms with Crippen molar-refractivity contribution in [2.45, 2.75) is 12.3 Å². The Morgan fingerprint density at radius 2 is 1.97 bits per heavy atom. The number of halogens is 1. The summed E-state index contributed by atoms with van der Waals surface area (Å²) in [5, 5.41) is 5.22. The van der Waals surface area contributed by atoms with Gasteiger partial charge < -0.3 is 14.4 Å². The van der Waals surface area contributed by atoms with Crippen molar-refractivity contribution in [1.82, 2.24) is 29.5 Å². The van der Waals surface area contributed by atoms with Gasteiger partial charge in [0.05, 0.1) is 37.7 Å². The molecule has 6 rings (SSSR count). The Bertz CT molecular complexity index is 1180. The number of amides is 1. The largest absolute Gasteiger partial charge is 0.378 e. The lowest BCUT2D eigenvalue weighted by Crippen LogP contribution is -2.43. The van der Waals surface area contributed by atoms with E-state index in [0.717, 1.165) is 16.9 Å². The Balaban J connectivity index is 1.51. The van der Waals surface area contributed by atoms with Crippen LogP contribution in [0.25, 0.3) is 5.69 Å². The molecule has 1 atom stereocenters. The molecule has 0 bridgehead atoms. The second-order valence-electron chi connectivity index (χ2n) is 7.96. The van der Waals surface area contributed by atoms with E-state index in [9.17, 15) is 4.79 Å². The van der Waals surface area contributed by atoms with Gasteiger partial charge in [0.1, 0.15) is 5.82 Å². The zero-order valence-electron chi connectivity index (χ0n) is 17.3. The summed E-state index contributed by atoms with van der Waals surface area (Å²) in [6, 6.07) is 11.4. The van der Waals surface area contributed by atoms with Crippen LogP contribution in [0, 0.1) is 0 Å². The topological polar surface area (TPSA) is 85.6 Å². The van der Waals surface area contributed by atoms with Gasteiger partial charge in [-0.1, -0.05) is 17.7 Å². The van der Waals surface area contributed by atoms with Crippen LogP contribution in [0.3, 0.4) is 0 Å². The van der Waals surface area contributed by atoms with Gasteiger partial charge >= 0.3 is 0 Å². The van der Waals surface area contributed by atoms with Crippen molar-refractivity contribution < 1.29 is 14.3 Å². The molecule has 2 saturated heterocycles. The summed E-state index contributed by atoms with van der Waals surface area (Å²) >= 11 is 6.44. The van der Waals surface area contributed by atoms with E-state index >= 15 is 0 Å². The maximum Gasteiger partial charge on any atom is 0.293 e. The van der Waals surface area contributed by atoms with Gasteiger partial charge in [-0.3, -0.25) is 14.7 Å². The van der Waals surface area contributed by atoms with Crippen LogP contribution < -0.4 is 0 Å². The molecule has 1 aromatic carbocycles. The van der Waals surface area contributed by atoms with Gasteiger partial charge in [-0.05, 0) is 30.3 Å². The first-order valence-corrected chi connectivity index (χ1v) is 11.0. The van der Waals surface area contributed by atoms with E-state index in [1.165, 1.54) is 0 Å². The smallest absolute Gasteiger partial charge is 0.293 e. The fraction of sp³-hybridized carbons (Fsp3) is 0.364. The molecule has 164 valence electrons. The van der Waals surface area contributed by atoms with Crippen LogP contribution in [-0.2, 0) is 21.7 Å². The van der Waals surface area contributed by atoms with Crippen LogP contribution in [-0.4, -0.2) is 74.9 Å². The summed E-state index contributed by atoms with van der Waals surface area (Å²) < 4.78 is 13.5. The van der Waals surface area contributed by atoms with Crippen molar-refractivity contribution in [1.29, 1.82) is 0 Å². The van der Waals surface area contributed by atoms with Crippen molar-refractivity contribution in [3.63, 3.8) is 0 Å². The minimum atomic E-state index is -0.905. The number of pyridine rings is 1. The van der Waals surface area contributed by atoms with Gasteiger partial charge in [-0.2, -0.15) is 0 Å². The van der Waals surface area contributed by atoms with Gasteiger partial charge in [-0.15, -0.1) is 5.10 Å². The van der Waals surface area contributed by atoms with Gasteiger partial charge in [0.2, 0.25) is 5.82 Å². The molecule has 0 N–H and O–H groups in total. The predicted molar refractivity (Wildman–Crippen MR) is 114 cm³/mol. The molecule has 1 amide bonds. The standard InChI is InChI=1S/C22H21ClN6O3/c23-15-4-5-17-16(13-15)22(18-3-1-2-6-24-18)28(9-12-32-22)14-19-25-20(26-29(17)19)21(30)27-7-10-31-11-8-27/h1-6,13H,7-12,14H2. The number of benzene rings is 1. The lowest BCUT2D eigenvalue weighted by atomic mass is 9.95. The van der Waals surface area contributed by atoms with Crippen molar-refractivity contribution in [3.05, 3.63) is 70.5 Å². The van der Waals surface area contributed by atoms with E-state index in [1.807, 2.05) is 36.4 Å². The number of rotatable bonds is 2. The third-order valence-corrected chi connectivity index (χ3v) is 6.41. The summed E-state index contributed by atoms with van der Waals surface area (Å²) in [5.41, 5.74) is 1.47. The third-order valence-electron chi connectivity index (χ3n) is 6.18. The van der Waals surface area contributed by atoms with Crippen LogP contribution in [0.5, 0.6) is 0 Å². The van der Waals surface area contributed by atoms with Gasteiger partial charge in [0, 0.05) is 36.4 Å². The molecular weight excluding hydrogens is 432 g/mol.